The molecule has 0 unspecified atom stereocenters. The summed E-state index contributed by atoms with van der Waals surface area (Å²) in [6.07, 6.45) is 1.09. The summed E-state index contributed by atoms with van der Waals surface area (Å²) in [6.45, 7) is 2.97. The molecule has 18 heavy (non-hydrogen) atoms. The molecule has 0 saturated carbocycles. The molecule has 0 aliphatic rings. The van der Waals surface area contributed by atoms with Crippen LogP contribution in [0.3, 0.4) is 0 Å². The lowest BCUT2D eigenvalue weighted by molar-refractivity contribution is -0.151. The van der Waals surface area contributed by atoms with E-state index in [9.17, 15) is 4.79 Å². The lowest BCUT2D eigenvalue weighted by atomic mass is 10.3. The molecule has 0 aliphatic heterocycles. The Balaban J connectivity index is 2.28. The molecule has 3 N–H and O–H groups in total. The van der Waals surface area contributed by atoms with E-state index in [0.717, 1.165) is 12.2 Å². The van der Waals surface area contributed by atoms with Gasteiger partial charge in [-0.1, -0.05) is 12.5 Å². The van der Waals surface area contributed by atoms with Crippen LogP contribution >= 0.6 is 0 Å². The third-order valence-electron chi connectivity index (χ3n) is 2.04. The van der Waals surface area contributed by atoms with Crippen molar-refractivity contribution in [2.24, 2.45) is 5.84 Å². The van der Waals surface area contributed by atoms with Gasteiger partial charge >= 0.3 is 5.97 Å². The van der Waals surface area contributed by atoms with Crippen LogP contribution in [0.15, 0.2) is 24.3 Å². The highest BCUT2D eigenvalue weighted by molar-refractivity contribution is 5.69. The standard InChI is InChI=1S/C12H18N2O4/c1-2-8-16-10-3-5-11(6-4-10)17-9-7-12(15)18-14-13/h3-6,14H,2,7-9,13H2,1H3. The molecule has 0 aromatic heterocycles. The highest BCUT2D eigenvalue weighted by Gasteiger charge is 2.02. The molecular weight excluding hydrogens is 236 g/mol. The summed E-state index contributed by atoms with van der Waals surface area (Å²) in [5.41, 5.74) is 1.82. The van der Waals surface area contributed by atoms with Crippen molar-refractivity contribution in [3.05, 3.63) is 24.3 Å². The molecule has 1 rings (SSSR count). The van der Waals surface area contributed by atoms with Gasteiger partial charge in [-0.05, 0) is 30.7 Å². The molecule has 0 spiro atoms. The van der Waals surface area contributed by atoms with E-state index in [-0.39, 0.29) is 13.0 Å². The first-order valence-corrected chi connectivity index (χ1v) is 5.77. The van der Waals surface area contributed by atoms with Crippen molar-refractivity contribution >= 4 is 5.97 Å². The van der Waals surface area contributed by atoms with Gasteiger partial charge in [-0.2, -0.15) is 0 Å². The van der Waals surface area contributed by atoms with Gasteiger partial charge in [-0.15, -0.1) is 0 Å². The van der Waals surface area contributed by atoms with Gasteiger partial charge in [0.2, 0.25) is 0 Å². The van der Waals surface area contributed by atoms with E-state index in [1.165, 1.54) is 0 Å². The first-order valence-electron chi connectivity index (χ1n) is 5.77. The normalized spacial score (nSPS) is 9.89. The minimum atomic E-state index is -0.472. The highest BCUT2D eigenvalue weighted by atomic mass is 16.7. The van der Waals surface area contributed by atoms with Gasteiger partial charge in [-0.25, -0.2) is 5.84 Å². The Labute approximate surface area is 106 Å². The Hall–Kier alpha value is -1.79. The molecule has 0 aliphatic carbocycles. The number of nitrogens with one attached hydrogen (secondary N) is 1. The predicted octanol–water partition coefficient (Wildman–Crippen LogP) is 1.17. The van der Waals surface area contributed by atoms with Gasteiger partial charge in [0.1, 0.15) is 11.5 Å². The molecular formula is C12H18N2O4. The zero-order valence-corrected chi connectivity index (χ0v) is 10.3. The van der Waals surface area contributed by atoms with E-state index in [0.29, 0.717) is 12.4 Å². The molecule has 0 heterocycles. The number of hydrogen-bond acceptors (Lipinski definition) is 6. The van der Waals surface area contributed by atoms with Crippen molar-refractivity contribution in [1.82, 2.24) is 5.59 Å². The van der Waals surface area contributed by atoms with Crippen molar-refractivity contribution in [1.29, 1.82) is 0 Å². The van der Waals surface area contributed by atoms with Crippen LogP contribution in [-0.2, 0) is 9.63 Å². The van der Waals surface area contributed by atoms with E-state index in [1.54, 1.807) is 12.1 Å². The summed E-state index contributed by atoms with van der Waals surface area (Å²) in [5.74, 6) is 5.82. The van der Waals surface area contributed by atoms with Gasteiger partial charge in [-0.3, -0.25) is 4.79 Å². The summed E-state index contributed by atoms with van der Waals surface area (Å²) in [6, 6.07) is 7.23. The number of carbonyl (C=O) groups is 1. The van der Waals surface area contributed by atoms with Gasteiger partial charge < -0.3 is 14.3 Å². The molecule has 1 aromatic carbocycles. The maximum atomic E-state index is 10.9. The quantitative estimate of drug-likeness (QED) is 0.535. The van der Waals surface area contributed by atoms with Crippen LogP contribution in [-0.4, -0.2) is 19.2 Å². The second kappa shape index (κ2) is 8.32. The minimum Gasteiger partial charge on any atom is -0.494 e. The van der Waals surface area contributed by atoms with Gasteiger partial charge in [0, 0.05) is 0 Å². The van der Waals surface area contributed by atoms with E-state index < -0.39 is 5.97 Å². The smallest absolute Gasteiger partial charge is 0.329 e. The first-order chi connectivity index (χ1) is 8.76. The monoisotopic (exact) mass is 254 g/mol. The third kappa shape index (κ3) is 5.51. The number of hydrazine groups is 1. The Kier molecular flexibility index (Phi) is 6.60. The Morgan fingerprint density at radius 1 is 1.17 bits per heavy atom. The van der Waals surface area contributed by atoms with Crippen LogP contribution in [0, 0.1) is 0 Å². The zero-order chi connectivity index (χ0) is 13.2. The van der Waals surface area contributed by atoms with Crippen molar-refractivity contribution in [2.75, 3.05) is 13.2 Å². The van der Waals surface area contributed by atoms with Gasteiger partial charge in [0.15, 0.2) is 0 Å². The molecule has 0 amide bonds. The topological polar surface area (TPSA) is 82.8 Å². The van der Waals surface area contributed by atoms with Crippen LogP contribution in [0.2, 0.25) is 0 Å². The third-order valence-corrected chi connectivity index (χ3v) is 2.04. The van der Waals surface area contributed by atoms with E-state index in [1.807, 2.05) is 24.6 Å². The molecule has 1 aromatic rings. The summed E-state index contributed by atoms with van der Waals surface area (Å²) in [7, 11) is 0. The maximum absolute atomic E-state index is 10.9. The van der Waals surface area contributed by atoms with Crippen LogP contribution in [0.5, 0.6) is 11.5 Å². The molecule has 0 saturated heterocycles. The number of ether oxygens (including phenoxy) is 2. The van der Waals surface area contributed by atoms with Crippen molar-refractivity contribution in [3.63, 3.8) is 0 Å². The SMILES string of the molecule is CCCOc1ccc(OCCC(=O)ONN)cc1. The first kappa shape index (κ1) is 14.3. The Morgan fingerprint density at radius 3 is 2.22 bits per heavy atom. The fourth-order valence-electron chi connectivity index (χ4n) is 1.22. The lowest BCUT2D eigenvalue weighted by Crippen LogP contribution is -2.26. The van der Waals surface area contributed by atoms with Crippen LogP contribution < -0.4 is 20.9 Å². The second-order valence-corrected chi connectivity index (χ2v) is 3.51. The Bertz CT molecular complexity index is 354. The molecule has 0 atom stereocenters. The molecule has 0 bridgehead atoms. The summed E-state index contributed by atoms with van der Waals surface area (Å²) < 4.78 is 10.8. The molecule has 0 radical (unpaired) electrons. The average Bonchev–Trinajstić information content (AvgIpc) is 2.38. The maximum Gasteiger partial charge on any atom is 0.329 e. The number of benzene rings is 1. The number of carbonyl (C=O) groups excluding carboxylic acids is 1. The Morgan fingerprint density at radius 2 is 1.72 bits per heavy atom. The summed E-state index contributed by atoms with van der Waals surface area (Å²) in [4.78, 5) is 15.3. The fraction of sp³-hybridized carbons (Fsp3) is 0.417. The van der Waals surface area contributed by atoms with E-state index >= 15 is 0 Å². The fourth-order valence-corrected chi connectivity index (χ4v) is 1.22. The molecule has 6 heteroatoms. The number of nitrogens with two attached hydrogens (primary N) is 1. The lowest BCUT2D eigenvalue weighted by Gasteiger charge is -2.07. The second-order valence-electron chi connectivity index (χ2n) is 3.51. The predicted molar refractivity (Wildman–Crippen MR) is 65.8 cm³/mol. The highest BCUT2D eigenvalue weighted by Crippen LogP contribution is 2.17. The van der Waals surface area contributed by atoms with E-state index in [4.69, 9.17) is 15.3 Å². The largest absolute Gasteiger partial charge is 0.494 e. The van der Waals surface area contributed by atoms with Gasteiger partial charge in [0.05, 0.1) is 19.6 Å². The molecule has 6 nitrogen and oxygen atoms in total. The van der Waals surface area contributed by atoms with Crippen molar-refractivity contribution in [3.8, 4) is 11.5 Å². The van der Waals surface area contributed by atoms with Crippen LogP contribution in [0.1, 0.15) is 19.8 Å². The minimum absolute atomic E-state index is 0.123. The summed E-state index contributed by atoms with van der Waals surface area (Å²) >= 11 is 0. The van der Waals surface area contributed by atoms with Crippen LogP contribution in [0.4, 0.5) is 0 Å². The number of rotatable bonds is 8. The van der Waals surface area contributed by atoms with E-state index in [2.05, 4.69) is 4.84 Å². The average molecular weight is 254 g/mol. The van der Waals surface area contributed by atoms with Crippen LogP contribution in [0.25, 0.3) is 0 Å². The zero-order valence-electron chi connectivity index (χ0n) is 10.3. The summed E-state index contributed by atoms with van der Waals surface area (Å²) in [5, 5.41) is 0. The van der Waals surface area contributed by atoms with Gasteiger partial charge in [0.25, 0.3) is 0 Å². The molecule has 0 fully saturated rings. The molecule has 100 valence electrons. The van der Waals surface area contributed by atoms with Crippen molar-refractivity contribution in [2.45, 2.75) is 19.8 Å². The van der Waals surface area contributed by atoms with Crippen molar-refractivity contribution < 1.29 is 19.1 Å². The number of hydrogen-bond donors (Lipinski definition) is 2.